The number of ether oxygens (including phenoxy) is 2. The summed E-state index contributed by atoms with van der Waals surface area (Å²) in [7, 11) is 0. The Morgan fingerprint density at radius 2 is 1.75 bits per heavy atom. The number of nitrogens with one attached hydrogen (secondary N) is 2. The highest BCUT2D eigenvalue weighted by molar-refractivity contribution is 6.31. The van der Waals surface area contributed by atoms with Crippen LogP contribution >= 0.6 is 23.2 Å². The summed E-state index contributed by atoms with van der Waals surface area (Å²) < 4.78 is 24.5. The fourth-order valence-corrected chi connectivity index (χ4v) is 4.34. The summed E-state index contributed by atoms with van der Waals surface area (Å²) in [6.07, 6.45) is 2.96. The van der Waals surface area contributed by atoms with E-state index >= 15 is 0 Å². The molecule has 1 aliphatic carbocycles. The van der Waals surface area contributed by atoms with Gasteiger partial charge < -0.3 is 20.1 Å². The van der Waals surface area contributed by atoms with Gasteiger partial charge in [-0.15, -0.1) is 0 Å². The van der Waals surface area contributed by atoms with Gasteiger partial charge in [-0.2, -0.15) is 0 Å². The van der Waals surface area contributed by atoms with E-state index in [2.05, 4.69) is 10.6 Å². The number of hydrogen-bond donors (Lipinski definition) is 2. The van der Waals surface area contributed by atoms with E-state index in [4.69, 9.17) is 32.7 Å². The molecule has 2 aliphatic rings. The maximum Gasteiger partial charge on any atom is 0.261 e. The molecule has 1 fully saturated rings. The molecular formula is C23H23Cl2FN2O4. The lowest BCUT2D eigenvalue weighted by Gasteiger charge is -2.30. The van der Waals surface area contributed by atoms with Crippen LogP contribution in [-0.4, -0.2) is 36.6 Å². The van der Waals surface area contributed by atoms with Gasteiger partial charge in [-0.3, -0.25) is 9.59 Å². The Morgan fingerprint density at radius 1 is 1.03 bits per heavy atom. The number of hydrogen-bond acceptors (Lipinski definition) is 4. The maximum atomic E-state index is 13.4. The van der Waals surface area contributed by atoms with Crippen LogP contribution in [0.1, 0.15) is 31.2 Å². The fourth-order valence-electron chi connectivity index (χ4n) is 4.02. The minimum absolute atomic E-state index is 0.000851. The van der Waals surface area contributed by atoms with Crippen LogP contribution in [0, 0.1) is 5.82 Å². The standard InChI is InChI=1S/C23H23Cl2FN2O4/c24-14-1-8-20-13(9-14)10-21(32-20)23(30)28-16-4-2-15(3-5-16)27-22(29)12-31-17-6-7-18(25)19(26)11-17/h1,6-9,11,15-16,21H,2-5,10,12H2,(H,27,29)(H,28,30)/t15-,16+,21?. The summed E-state index contributed by atoms with van der Waals surface area (Å²) in [6.45, 7) is -0.207. The van der Waals surface area contributed by atoms with Gasteiger partial charge in [0.2, 0.25) is 0 Å². The Kier molecular flexibility index (Phi) is 7.06. The summed E-state index contributed by atoms with van der Waals surface area (Å²) in [6, 6.07) is 9.43. The van der Waals surface area contributed by atoms with Crippen LogP contribution in [0.2, 0.25) is 10.0 Å². The van der Waals surface area contributed by atoms with Crippen molar-refractivity contribution in [1.29, 1.82) is 0 Å². The van der Waals surface area contributed by atoms with E-state index in [0.717, 1.165) is 37.3 Å². The van der Waals surface area contributed by atoms with Crippen molar-refractivity contribution in [3.05, 3.63) is 57.8 Å². The predicted molar refractivity (Wildman–Crippen MR) is 119 cm³/mol. The molecule has 1 saturated carbocycles. The Morgan fingerprint density at radius 3 is 2.47 bits per heavy atom. The van der Waals surface area contributed by atoms with Crippen molar-refractivity contribution in [1.82, 2.24) is 10.6 Å². The van der Waals surface area contributed by atoms with E-state index in [-0.39, 0.29) is 41.3 Å². The Bertz CT molecular complexity index is 1010. The molecule has 2 aromatic rings. The van der Waals surface area contributed by atoms with Gasteiger partial charge in [0.15, 0.2) is 12.7 Å². The highest BCUT2D eigenvalue weighted by atomic mass is 35.5. The quantitative estimate of drug-likeness (QED) is 0.653. The van der Waals surface area contributed by atoms with E-state index in [1.807, 2.05) is 6.07 Å². The van der Waals surface area contributed by atoms with Crippen molar-refractivity contribution in [2.75, 3.05) is 6.61 Å². The minimum atomic E-state index is -0.597. The van der Waals surface area contributed by atoms with Crippen LogP contribution in [0.15, 0.2) is 36.4 Å². The molecule has 4 rings (SSSR count). The first-order valence-corrected chi connectivity index (χ1v) is 11.3. The molecule has 32 heavy (non-hydrogen) atoms. The maximum absolute atomic E-state index is 13.4. The molecule has 170 valence electrons. The lowest BCUT2D eigenvalue weighted by atomic mass is 9.91. The van der Waals surface area contributed by atoms with Crippen LogP contribution in [-0.2, 0) is 16.0 Å². The summed E-state index contributed by atoms with van der Waals surface area (Å²) in [5.41, 5.74) is 0.938. The zero-order valence-corrected chi connectivity index (χ0v) is 18.7. The van der Waals surface area contributed by atoms with Crippen LogP contribution in [0.4, 0.5) is 4.39 Å². The van der Waals surface area contributed by atoms with Crippen LogP contribution in [0.25, 0.3) is 0 Å². The fraction of sp³-hybridized carbons (Fsp3) is 0.391. The number of carbonyl (C=O) groups excluding carboxylic acids is 2. The average molecular weight is 481 g/mol. The van der Waals surface area contributed by atoms with Crippen molar-refractivity contribution < 1.29 is 23.5 Å². The first kappa shape index (κ1) is 22.7. The van der Waals surface area contributed by atoms with E-state index < -0.39 is 11.9 Å². The normalized spacial score (nSPS) is 21.9. The van der Waals surface area contributed by atoms with Crippen LogP contribution in [0.5, 0.6) is 11.5 Å². The molecule has 0 spiro atoms. The average Bonchev–Trinajstić information content (AvgIpc) is 3.19. The molecule has 0 saturated heterocycles. The second kappa shape index (κ2) is 9.96. The Hall–Kier alpha value is -2.51. The first-order valence-electron chi connectivity index (χ1n) is 10.5. The van der Waals surface area contributed by atoms with Gasteiger partial charge in [0.05, 0.1) is 5.02 Å². The molecule has 2 aromatic carbocycles. The van der Waals surface area contributed by atoms with Crippen LogP contribution < -0.4 is 20.1 Å². The third kappa shape index (κ3) is 5.64. The third-order valence-corrected chi connectivity index (χ3v) is 6.23. The van der Waals surface area contributed by atoms with E-state index in [1.165, 1.54) is 12.1 Å². The molecule has 1 atom stereocenters. The monoisotopic (exact) mass is 480 g/mol. The smallest absolute Gasteiger partial charge is 0.261 e. The van der Waals surface area contributed by atoms with Gasteiger partial charge in [-0.05, 0) is 61.6 Å². The summed E-state index contributed by atoms with van der Waals surface area (Å²) >= 11 is 11.6. The minimum Gasteiger partial charge on any atom is -0.484 e. The number of amides is 2. The summed E-state index contributed by atoms with van der Waals surface area (Å²) in [5, 5.41) is 6.61. The van der Waals surface area contributed by atoms with Gasteiger partial charge in [0.1, 0.15) is 17.3 Å². The van der Waals surface area contributed by atoms with Crippen LogP contribution in [0.3, 0.4) is 0 Å². The van der Waals surface area contributed by atoms with Gasteiger partial charge in [0, 0.05) is 29.6 Å². The van der Waals surface area contributed by atoms with Crippen molar-refractivity contribution in [2.45, 2.75) is 50.3 Å². The molecule has 6 nitrogen and oxygen atoms in total. The lowest BCUT2D eigenvalue weighted by Crippen LogP contribution is -2.47. The zero-order valence-electron chi connectivity index (χ0n) is 17.2. The Labute approximate surface area is 195 Å². The van der Waals surface area contributed by atoms with Crippen molar-refractivity contribution in [2.24, 2.45) is 0 Å². The SMILES string of the molecule is O=C(COc1ccc(Cl)c(F)c1)N[C@H]1CC[C@@H](NC(=O)C2Cc3cc(Cl)ccc3O2)CC1. The van der Waals surface area contributed by atoms with Crippen molar-refractivity contribution >= 4 is 35.0 Å². The van der Waals surface area contributed by atoms with E-state index in [1.54, 1.807) is 12.1 Å². The van der Waals surface area contributed by atoms with Crippen molar-refractivity contribution in [3.8, 4) is 11.5 Å². The molecule has 2 amide bonds. The molecule has 1 unspecified atom stereocenters. The molecule has 1 aliphatic heterocycles. The summed E-state index contributed by atoms with van der Waals surface area (Å²) in [4.78, 5) is 24.8. The predicted octanol–water partition coefficient (Wildman–Crippen LogP) is 4.06. The second-order valence-electron chi connectivity index (χ2n) is 8.05. The van der Waals surface area contributed by atoms with Gasteiger partial charge in [-0.1, -0.05) is 23.2 Å². The van der Waals surface area contributed by atoms with Crippen molar-refractivity contribution in [3.63, 3.8) is 0 Å². The molecule has 0 radical (unpaired) electrons. The zero-order chi connectivity index (χ0) is 22.7. The number of rotatable bonds is 6. The number of benzene rings is 2. The molecule has 0 aromatic heterocycles. The number of fused-ring (bicyclic) bond motifs is 1. The topological polar surface area (TPSA) is 76.7 Å². The highest BCUT2D eigenvalue weighted by Crippen LogP contribution is 2.31. The molecule has 2 N–H and O–H groups in total. The molecule has 0 bridgehead atoms. The third-order valence-electron chi connectivity index (χ3n) is 5.69. The van der Waals surface area contributed by atoms with Gasteiger partial charge in [0.25, 0.3) is 11.8 Å². The summed E-state index contributed by atoms with van der Waals surface area (Å²) in [5.74, 6) is -0.0609. The van der Waals surface area contributed by atoms with E-state index in [9.17, 15) is 14.0 Å². The lowest BCUT2D eigenvalue weighted by molar-refractivity contribution is -0.128. The number of carbonyl (C=O) groups is 2. The molecule has 9 heteroatoms. The first-order chi connectivity index (χ1) is 15.4. The Balaban J connectivity index is 1.17. The number of halogens is 3. The van der Waals surface area contributed by atoms with E-state index in [0.29, 0.717) is 17.2 Å². The van der Waals surface area contributed by atoms with Gasteiger partial charge >= 0.3 is 0 Å². The molecular weight excluding hydrogens is 458 g/mol. The largest absolute Gasteiger partial charge is 0.484 e. The second-order valence-corrected chi connectivity index (χ2v) is 8.90. The van der Waals surface area contributed by atoms with Gasteiger partial charge in [-0.25, -0.2) is 4.39 Å². The molecule has 1 heterocycles. The highest BCUT2D eigenvalue weighted by Gasteiger charge is 2.31.